The molecule has 0 aliphatic heterocycles. The Labute approximate surface area is 177 Å². The maximum atomic E-state index is 6.40. The fourth-order valence-electron chi connectivity index (χ4n) is 4.22. The Balaban J connectivity index is 1.78. The van der Waals surface area contributed by atoms with E-state index in [1.165, 1.54) is 22.3 Å². The van der Waals surface area contributed by atoms with Crippen LogP contribution in [0.2, 0.25) is 0 Å². The Morgan fingerprint density at radius 2 is 1.63 bits per heavy atom. The van der Waals surface area contributed by atoms with E-state index < -0.39 is 0 Å². The Hall–Kier alpha value is -3.39. The molecular weight excluding hydrogens is 366 g/mol. The number of fused-ring (bicyclic) bond motifs is 3. The minimum atomic E-state index is 0.607. The van der Waals surface area contributed by atoms with Crippen molar-refractivity contribution in [3.8, 4) is 22.4 Å². The average Bonchev–Trinajstić information content (AvgIpc) is 3.13. The van der Waals surface area contributed by atoms with E-state index in [4.69, 9.17) is 9.40 Å². The summed E-state index contributed by atoms with van der Waals surface area (Å²) in [4.78, 5) is 4.69. The normalized spacial score (nSPS) is 11.6. The van der Waals surface area contributed by atoms with Crippen LogP contribution >= 0.6 is 0 Å². The Morgan fingerprint density at radius 3 is 2.43 bits per heavy atom. The first-order valence-corrected chi connectivity index (χ1v) is 10.6. The molecule has 0 amide bonds. The molecule has 30 heavy (non-hydrogen) atoms. The van der Waals surface area contributed by atoms with E-state index >= 15 is 0 Å². The van der Waals surface area contributed by atoms with Crippen LogP contribution in [0.5, 0.6) is 0 Å². The number of rotatable bonds is 4. The second-order valence-electron chi connectivity index (χ2n) is 8.48. The van der Waals surface area contributed by atoms with E-state index in [1.54, 1.807) is 0 Å². The van der Waals surface area contributed by atoms with Crippen molar-refractivity contribution in [3.05, 3.63) is 90.1 Å². The quantitative estimate of drug-likeness (QED) is 0.312. The predicted octanol–water partition coefficient (Wildman–Crippen LogP) is 7.82. The summed E-state index contributed by atoms with van der Waals surface area (Å²) in [6.07, 6.45) is 2.95. The van der Waals surface area contributed by atoms with Crippen LogP contribution in [0.3, 0.4) is 0 Å². The second kappa shape index (κ2) is 7.46. The summed E-state index contributed by atoms with van der Waals surface area (Å²) >= 11 is 0. The Bertz CT molecular complexity index is 1340. The van der Waals surface area contributed by atoms with Gasteiger partial charge in [0, 0.05) is 22.5 Å². The number of hydrogen-bond donors (Lipinski definition) is 0. The summed E-state index contributed by atoms with van der Waals surface area (Å²) in [5, 5.41) is 2.30. The fraction of sp³-hybridized carbons (Fsp3) is 0.179. The maximum Gasteiger partial charge on any atom is 0.145 e. The molecule has 5 rings (SSSR count). The number of aryl methyl sites for hydroxylation is 1. The molecule has 0 saturated heterocycles. The molecule has 0 aliphatic rings. The van der Waals surface area contributed by atoms with Gasteiger partial charge in [-0.15, -0.1) is 0 Å². The fourth-order valence-corrected chi connectivity index (χ4v) is 4.22. The first-order valence-electron chi connectivity index (χ1n) is 10.6. The molecule has 0 radical (unpaired) electrons. The van der Waals surface area contributed by atoms with E-state index in [-0.39, 0.29) is 0 Å². The summed E-state index contributed by atoms with van der Waals surface area (Å²) in [6, 6.07) is 25.7. The molecule has 2 aromatic heterocycles. The van der Waals surface area contributed by atoms with Gasteiger partial charge in [-0.1, -0.05) is 67.9 Å². The summed E-state index contributed by atoms with van der Waals surface area (Å²) in [7, 11) is 0. The third-order valence-electron chi connectivity index (χ3n) is 5.63. The van der Waals surface area contributed by atoms with Crippen LogP contribution in [0.1, 0.15) is 25.0 Å². The Morgan fingerprint density at radius 1 is 0.867 bits per heavy atom. The van der Waals surface area contributed by atoms with Gasteiger partial charge < -0.3 is 4.42 Å². The molecule has 0 atom stereocenters. The molecule has 2 heterocycles. The number of hydrogen-bond acceptors (Lipinski definition) is 2. The van der Waals surface area contributed by atoms with Crippen molar-refractivity contribution in [2.45, 2.75) is 27.2 Å². The number of pyridine rings is 1. The lowest BCUT2D eigenvalue weighted by Crippen LogP contribution is -1.95. The van der Waals surface area contributed by atoms with Crippen LogP contribution in [-0.4, -0.2) is 4.98 Å². The van der Waals surface area contributed by atoms with Gasteiger partial charge in [-0.05, 0) is 60.2 Å². The first-order chi connectivity index (χ1) is 14.6. The monoisotopic (exact) mass is 391 g/mol. The van der Waals surface area contributed by atoms with Gasteiger partial charge in [-0.2, -0.15) is 0 Å². The molecule has 3 aromatic carbocycles. The summed E-state index contributed by atoms with van der Waals surface area (Å²) in [6.45, 7) is 6.60. The van der Waals surface area contributed by atoms with Crippen LogP contribution in [0.25, 0.3) is 44.3 Å². The van der Waals surface area contributed by atoms with Gasteiger partial charge in [0.1, 0.15) is 11.2 Å². The molecule has 0 saturated carbocycles. The standard InChI is InChI=1S/C28H25NO/c1-18(2)16-20-14-15-29-25(17-20)23-13-12-22(21-10-8-19(3)9-11-21)27-24-6-4-5-7-26(24)30-28(23)27/h4-15,17-18H,16H2,1-3H3. The largest absolute Gasteiger partial charge is 0.455 e. The lowest BCUT2D eigenvalue weighted by atomic mass is 9.95. The summed E-state index contributed by atoms with van der Waals surface area (Å²) in [5.41, 5.74) is 8.78. The van der Waals surface area contributed by atoms with E-state index in [2.05, 4.69) is 81.4 Å². The first kappa shape index (κ1) is 18.6. The molecule has 2 nitrogen and oxygen atoms in total. The van der Waals surface area contributed by atoms with Gasteiger partial charge in [0.25, 0.3) is 0 Å². The lowest BCUT2D eigenvalue weighted by Gasteiger charge is -2.10. The van der Waals surface area contributed by atoms with Gasteiger partial charge in [0.2, 0.25) is 0 Å². The van der Waals surface area contributed by atoms with E-state index in [1.807, 2.05) is 18.3 Å². The Kier molecular flexibility index (Phi) is 4.63. The van der Waals surface area contributed by atoms with Gasteiger partial charge in [-0.3, -0.25) is 4.98 Å². The van der Waals surface area contributed by atoms with Gasteiger partial charge in [0.05, 0.1) is 5.69 Å². The maximum absolute atomic E-state index is 6.40. The van der Waals surface area contributed by atoms with Crippen molar-refractivity contribution in [1.82, 2.24) is 4.98 Å². The number of para-hydroxylation sites is 1. The van der Waals surface area contributed by atoms with Crippen molar-refractivity contribution in [1.29, 1.82) is 0 Å². The highest BCUT2D eigenvalue weighted by atomic mass is 16.3. The van der Waals surface area contributed by atoms with Gasteiger partial charge in [0.15, 0.2) is 0 Å². The van der Waals surface area contributed by atoms with Crippen LogP contribution in [-0.2, 0) is 6.42 Å². The zero-order valence-electron chi connectivity index (χ0n) is 17.6. The van der Waals surface area contributed by atoms with Crippen molar-refractivity contribution in [3.63, 3.8) is 0 Å². The predicted molar refractivity (Wildman–Crippen MR) is 126 cm³/mol. The highest BCUT2D eigenvalue weighted by molar-refractivity contribution is 6.16. The average molecular weight is 392 g/mol. The minimum Gasteiger partial charge on any atom is -0.455 e. The molecular formula is C28H25NO. The zero-order valence-corrected chi connectivity index (χ0v) is 17.6. The van der Waals surface area contributed by atoms with Crippen molar-refractivity contribution >= 4 is 21.9 Å². The zero-order chi connectivity index (χ0) is 20.7. The third-order valence-corrected chi connectivity index (χ3v) is 5.63. The number of benzene rings is 3. The summed E-state index contributed by atoms with van der Waals surface area (Å²) in [5.74, 6) is 0.607. The van der Waals surface area contributed by atoms with E-state index in [9.17, 15) is 0 Å². The topological polar surface area (TPSA) is 26.0 Å². The lowest BCUT2D eigenvalue weighted by molar-refractivity contribution is 0.647. The van der Waals surface area contributed by atoms with Crippen LogP contribution in [0, 0.1) is 12.8 Å². The van der Waals surface area contributed by atoms with Crippen LogP contribution in [0.15, 0.2) is 83.4 Å². The number of aromatic nitrogens is 1. The summed E-state index contributed by atoms with van der Waals surface area (Å²) < 4.78 is 6.40. The molecule has 5 aromatic rings. The molecule has 0 unspecified atom stereocenters. The van der Waals surface area contributed by atoms with Crippen LogP contribution < -0.4 is 0 Å². The van der Waals surface area contributed by atoms with Crippen molar-refractivity contribution in [2.24, 2.45) is 5.92 Å². The van der Waals surface area contributed by atoms with E-state index in [0.717, 1.165) is 39.6 Å². The SMILES string of the molecule is Cc1ccc(-c2ccc(-c3cc(CC(C)C)ccn3)c3oc4ccccc4c23)cc1. The molecule has 0 fully saturated rings. The molecule has 0 N–H and O–H groups in total. The molecule has 0 aliphatic carbocycles. The third kappa shape index (κ3) is 3.29. The van der Waals surface area contributed by atoms with Gasteiger partial charge in [-0.25, -0.2) is 0 Å². The highest BCUT2D eigenvalue weighted by Crippen LogP contribution is 2.41. The van der Waals surface area contributed by atoms with Crippen molar-refractivity contribution in [2.75, 3.05) is 0 Å². The van der Waals surface area contributed by atoms with E-state index in [0.29, 0.717) is 5.92 Å². The molecule has 0 spiro atoms. The van der Waals surface area contributed by atoms with Crippen LogP contribution in [0.4, 0.5) is 0 Å². The minimum absolute atomic E-state index is 0.607. The van der Waals surface area contributed by atoms with Gasteiger partial charge >= 0.3 is 0 Å². The molecule has 2 heteroatoms. The molecule has 148 valence electrons. The number of nitrogens with zero attached hydrogens (tertiary/aromatic N) is 1. The molecule has 0 bridgehead atoms. The smallest absolute Gasteiger partial charge is 0.145 e. The van der Waals surface area contributed by atoms with Crippen molar-refractivity contribution < 1.29 is 4.42 Å². The highest BCUT2D eigenvalue weighted by Gasteiger charge is 2.17. The second-order valence-corrected chi connectivity index (χ2v) is 8.48. The number of furan rings is 1.